The molecule has 1 fully saturated rings. The predicted molar refractivity (Wildman–Crippen MR) is 148 cm³/mol. The number of ether oxygens (including phenoxy) is 2. The second-order valence-electron chi connectivity index (χ2n) is 9.48. The first-order valence-corrected chi connectivity index (χ1v) is 14.8. The monoisotopic (exact) mass is 565 g/mol. The van der Waals surface area contributed by atoms with Crippen LogP contribution in [0.2, 0.25) is 5.02 Å². The molecule has 1 saturated carbocycles. The molecule has 1 aliphatic rings. The zero-order valence-electron chi connectivity index (χ0n) is 22.3. The van der Waals surface area contributed by atoms with Crippen molar-refractivity contribution in [1.29, 1.82) is 0 Å². The molecule has 0 spiro atoms. The molecule has 0 unspecified atom stereocenters. The number of rotatable bonds is 11. The SMILES string of the molecule is COc1cccc(CN(C(=O)CN(c2ccc(OC)c(Cl)c2)S(C)(=O)=O)[C@@H](C)C(=O)NC2CCCCC2)c1. The molecular formula is C27H36ClN3O6S. The number of carbonyl (C=O) groups is 2. The number of hydrogen-bond acceptors (Lipinski definition) is 6. The summed E-state index contributed by atoms with van der Waals surface area (Å²) in [6.45, 7) is 1.24. The third-order valence-electron chi connectivity index (χ3n) is 6.71. The molecule has 38 heavy (non-hydrogen) atoms. The fourth-order valence-electron chi connectivity index (χ4n) is 4.54. The minimum atomic E-state index is -3.87. The second-order valence-corrected chi connectivity index (χ2v) is 11.8. The lowest BCUT2D eigenvalue weighted by Crippen LogP contribution is -2.52. The van der Waals surface area contributed by atoms with E-state index in [2.05, 4.69) is 5.32 Å². The maximum absolute atomic E-state index is 13.7. The number of carbonyl (C=O) groups excluding carboxylic acids is 2. The number of anilines is 1. The number of nitrogens with one attached hydrogen (secondary N) is 1. The highest BCUT2D eigenvalue weighted by molar-refractivity contribution is 7.92. The van der Waals surface area contributed by atoms with Crippen molar-refractivity contribution in [2.75, 3.05) is 31.3 Å². The van der Waals surface area contributed by atoms with Crippen LogP contribution >= 0.6 is 11.6 Å². The van der Waals surface area contributed by atoms with Crippen LogP contribution in [0, 0.1) is 0 Å². The van der Waals surface area contributed by atoms with Gasteiger partial charge in [-0.3, -0.25) is 13.9 Å². The fraction of sp³-hybridized carbons (Fsp3) is 0.481. The van der Waals surface area contributed by atoms with E-state index in [1.165, 1.54) is 30.2 Å². The largest absolute Gasteiger partial charge is 0.497 e. The number of nitrogens with zero attached hydrogens (tertiary/aromatic N) is 2. The van der Waals surface area contributed by atoms with Gasteiger partial charge in [-0.15, -0.1) is 0 Å². The molecule has 9 nitrogen and oxygen atoms in total. The molecule has 2 aromatic carbocycles. The van der Waals surface area contributed by atoms with Gasteiger partial charge in [0.1, 0.15) is 24.1 Å². The molecule has 2 aromatic rings. The number of methoxy groups -OCH3 is 2. The number of halogens is 1. The molecule has 0 saturated heterocycles. The van der Waals surface area contributed by atoms with Crippen LogP contribution in [0.4, 0.5) is 5.69 Å². The van der Waals surface area contributed by atoms with Gasteiger partial charge in [0.15, 0.2) is 0 Å². The Kier molecular flexibility index (Phi) is 10.3. The third kappa shape index (κ3) is 7.77. The van der Waals surface area contributed by atoms with Gasteiger partial charge in [0.25, 0.3) is 0 Å². The zero-order valence-corrected chi connectivity index (χ0v) is 23.8. The van der Waals surface area contributed by atoms with Crippen LogP contribution in [0.15, 0.2) is 42.5 Å². The maximum atomic E-state index is 13.7. The molecule has 0 bridgehead atoms. The standard InChI is InChI=1S/C27H36ClN3O6S/c1-19(27(33)29-21-10-6-5-7-11-21)30(17-20-9-8-12-23(15-20)36-2)26(32)18-31(38(4,34)35)22-13-14-25(37-3)24(28)16-22/h8-9,12-16,19,21H,5-7,10-11,17-18H2,1-4H3,(H,29,33)/t19-/m0/s1. The summed E-state index contributed by atoms with van der Waals surface area (Å²) in [5.41, 5.74) is 0.959. The van der Waals surface area contributed by atoms with E-state index in [0.29, 0.717) is 11.5 Å². The quantitative estimate of drug-likeness (QED) is 0.442. The lowest BCUT2D eigenvalue weighted by Gasteiger charge is -2.33. The Morgan fingerprint density at radius 2 is 1.79 bits per heavy atom. The van der Waals surface area contributed by atoms with Crippen molar-refractivity contribution >= 4 is 39.1 Å². The molecule has 0 aromatic heterocycles. The zero-order chi connectivity index (χ0) is 27.9. The summed E-state index contributed by atoms with van der Waals surface area (Å²) in [4.78, 5) is 28.4. The Bertz CT molecular complexity index is 1230. The van der Waals surface area contributed by atoms with Crippen LogP contribution in [0.25, 0.3) is 0 Å². The molecule has 2 amide bonds. The van der Waals surface area contributed by atoms with Crippen molar-refractivity contribution in [3.05, 3.63) is 53.1 Å². The van der Waals surface area contributed by atoms with Crippen molar-refractivity contribution < 1.29 is 27.5 Å². The topological polar surface area (TPSA) is 105 Å². The normalized spacial score (nSPS) is 14.9. The van der Waals surface area contributed by atoms with E-state index in [9.17, 15) is 18.0 Å². The van der Waals surface area contributed by atoms with Crippen LogP contribution in [0.1, 0.15) is 44.6 Å². The summed E-state index contributed by atoms with van der Waals surface area (Å²) in [6.07, 6.45) is 6.09. The van der Waals surface area contributed by atoms with Crippen LogP contribution in [0.5, 0.6) is 11.5 Å². The highest BCUT2D eigenvalue weighted by Gasteiger charge is 2.31. The second kappa shape index (κ2) is 13.2. The summed E-state index contributed by atoms with van der Waals surface area (Å²) < 4.78 is 36.9. The first kappa shape index (κ1) is 29.6. The molecule has 208 valence electrons. The molecule has 0 aliphatic heterocycles. The van der Waals surface area contributed by atoms with Crippen molar-refractivity contribution in [3.8, 4) is 11.5 Å². The van der Waals surface area contributed by atoms with Gasteiger partial charge in [0.2, 0.25) is 21.8 Å². The van der Waals surface area contributed by atoms with E-state index in [4.69, 9.17) is 21.1 Å². The first-order valence-electron chi connectivity index (χ1n) is 12.6. The van der Waals surface area contributed by atoms with E-state index < -0.39 is 28.5 Å². The number of hydrogen-bond donors (Lipinski definition) is 1. The summed E-state index contributed by atoms with van der Waals surface area (Å²) in [5.74, 6) is 0.186. The van der Waals surface area contributed by atoms with Crippen molar-refractivity contribution in [3.63, 3.8) is 0 Å². The number of amides is 2. The molecule has 3 rings (SSSR count). The van der Waals surface area contributed by atoms with E-state index in [1.54, 1.807) is 32.2 Å². The Hall–Kier alpha value is -2.98. The van der Waals surface area contributed by atoms with Gasteiger partial charge in [0.05, 0.1) is 31.2 Å². The van der Waals surface area contributed by atoms with Crippen molar-refractivity contribution in [2.45, 2.75) is 57.7 Å². The van der Waals surface area contributed by atoms with Gasteiger partial charge in [-0.1, -0.05) is 43.0 Å². The van der Waals surface area contributed by atoms with E-state index in [0.717, 1.165) is 48.2 Å². The summed E-state index contributed by atoms with van der Waals surface area (Å²) >= 11 is 6.24. The molecule has 0 heterocycles. The fourth-order valence-corrected chi connectivity index (χ4v) is 5.64. The Balaban J connectivity index is 1.90. The van der Waals surface area contributed by atoms with Crippen LogP contribution in [-0.2, 0) is 26.2 Å². The maximum Gasteiger partial charge on any atom is 0.244 e. The smallest absolute Gasteiger partial charge is 0.244 e. The summed E-state index contributed by atoms with van der Waals surface area (Å²) in [6, 6.07) is 10.9. The van der Waals surface area contributed by atoms with Gasteiger partial charge >= 0.3 is 0 Å². The minimum Gasteiger partial charge on any atom is -0.497 e. The molecule has 0 radical (unpaired) electrons. The summed E-state index contributed by atoms with van der Waals surface area (Å²) in [7, 11) is -0.868. The van der Waals surface area contributed by atoms with Gasteiger partial charge in [0, 0.05) is 12.6 Å². The van der Waals surface area contributed by atoms with E-state index in [1.807, 2.05) is 6.07 Å². The molecule has 1 atom stereocenters. The molecule has 1 aliphatic carbocycles. The minimum absolute atomic E-state index is 0.0708. The van der Waals surface area contributed by atoms with Gasteiger partial charge < -0.3 is 19.7 Å². The van der Waals surface area contributed by atoms with Crippen LogP contribution in [0.3, 0.4) is 0 Å². The lowest BCUT2D eigenvalue weighted by molar-refractivity contribution is -0.139. The van der Waals surface area contributed by atoms with Crippen LogP contribution in [-0.4, -0.2) is 64.2 Å². The summed E-state index contributed by atoms with van der Waals surface area (Å²) in [5, 5.41) is 3.28. The average Bonchev–Trinajstić information content (AvgIpc) is 2.89. The van der Waals surface area contributed by atoms with Crippen LogP contribution < -0.4 is 19.1 Å². The Morgan fingerprint density at radius 3 is 2.39 bits per heavy atom. The molecule has 1 N–H and O–H groups in total. The number of sulfonamides is 1. The van der Waals surface area contributed by atoms with Gasteiger partial charge in [-0.2, -0.15) is 0 Å². The molecule has 11 heteroatoms. The Labute approximate surface area is 230 Å². The van der Waals surface area contributed by atoms with E-state index >= 15 is 0 Å². The van der Waals surface area contributed by atoms with Crippen molar-refractivity contribution in [1.82, 2.24) is 10.2 Å². The van der Waals surface area contributed by atoms with E-state index in [-0.39, 0.29) is 29.2 Å². The highest BCUT2D eigenvalue weighted by Crippen LogP contribution is 2.30. The van der Waals surface area contributed by atoms with Gasteiger partial charge in [-0.25, -0.2) is 8.42 Å². The first-order chi connectivity index (χ1) is 18.0. The van der Waals surface area contributed by atoms with Gasteiger partial charge in [-0.05, 0) is 55.7 Å². The third-order valence-corrected chi connectivity index (χ3v) is 8.14. The number of benzene rings is 2. The van der Waals surface area contributed by atoms with Crippen molar-refractivity contribution in [2.24, 2.45) is 0 Å². The Morgan fingerprint density at radius 1 is 1.08 bits per heavy atom. The highest BCUT2D eigenvalue weighted by atomic mass is 35.5. The lowest BCUT2D eigenvalue weighted by atomic mass is 9.95. The molecular weight excluding hydrogens is 530 g/mol. The average molecular weight is 566 g/mol. The predicted octanol–water partition coefficient (Wildman–Crippen LogP) is 3.99.